The normalized spacial score (nSPS) is 18.1. The van der Waals surface area contributed by atoms with E-state index in [2.05, 4.69) is 0 Å². The Kier molecular flexibility index (Phi) is 10.2. The van der Waals surface area contributed by atoms with Gasteiger partial charge in [0.1, 0.15) is 13.2 Å². The molecule has 0 aliphatic carbocycles. The largest absolute Gasteiger partial charge is 0.493 e. The smallest absolute Gasteiger partial charge is 0.410 e. The first-order chi connectivity index (χ1) is 17.4. The van der Waals surface area contributed by atoms with Gasteiger partial charge in [-0.15, -0.1) is 11.6 Å². The van der Waals surface area contributed by atoms with E-state index in [-0.39, 0.29) is 19.1 Å². The van der Waals surface area contributed by atoms with E-state index in [4.69, 9.17) is 41.0 Å². The Morgan fingerprint density at radius 1 is 1.19 bits per heavy atom. The number of fused-ring (bicyclic) bond motifs is 1. The summed E-state index contributed by atoms with van der Waals surface area (Å²) in [5.74, 6) is 1.13. The van der Waals surface area contributed by atoms with Crippen LogP contribution in [-0.2, 0) is 27.2 Å². The molecule has 0 saturated heterocycles. The molecule has 0 aromatic heterocycles. The van der Waals surface area contributed by atoms with E-state index in [1.165, 1.54) is 19.1 Å². The third-order valence-electron chi connectivity index (χ3n) is 6.27. The zero-order valence-corrected chi connectivity index (χ0v) is 21.9. The minimum atomic E-state index is -0.865. The van der Waals surface area contributed by atoms with E-state index in [0.29, 0.717) is 23.5 Å². The van der Waals surface area contributed by atoms with E-state index in [1.807, 2.05) is 43.3 Å². The Bertz CT molecular complexity index is 1000. The first kappa shape index (κ1) is 28.0. The number of halogens is 1. The number of benzene rings is 2. The molecule has 0 saturated carbocycles. The lowest BCUT2D eigenvalue weighted by Gasteiger charge is -2.46. The van der Waals surface area contributed by atoms with E-state index in [9.17, 15) is 9.90 Å². The minimum Gasteiger partial charge on any atom is -0.493 e. The molecule has 2 aromatic carbocycles. The number of aryl methyl sites for hydroxylation is 1. The van der Waals surface area contributed by atoms with Gasteiger partial charge in [-0.3, -0.25) is 4.90 Å². The van der Waals surface area contributed by atoms with Crippen LogP contribution in [-0.4, -0.2) is 74.9 Å². The molecule has 3 N–H and O–H groups in total. The molecule has 1 aliphatic rings. The molecule has 9 nitrogen and oxygen atoms in total. The van der Waals surface area contributed by atoms with Gasteiger partial charge in [-0.05, 0) is 30.0 Å². The van der Waals surface area contributed by atoms with Gasteiger partial charge in [0.2, 0.25) is 0 Å². The number of methoxy groups -OCH3 is 3. The molecule has 10 heteroatoms. The molecule has 0 unspecified atom stereocenters. The highest BCUT2D eigenvalue weighted by Crippen LogP contribution is 2.47. The number of rotatable bonds is 11. The highest BCUT2D eigenvalue weighted by molar-refractivity contribution is 6.18. The van der Waals surface area contributed by atoms with E-state index >= 15 is 0 Å². The van der Waals surface area contributed by atoms with Gasteiger partial charge in [-0.1, -0.05) is 36.4 Å². The standard InChI is InChI=1S/C26H35ClN2O7/c1-16-12-18-13-20(25(33-3)34-4)29(26(31)35-11-10-27)22(19(28)14-30)21(18)24(23(16)32-2)36-15-17-8-6-5-7-9-17/h5-9,12,19-20,22,25,30H,10-11,13-15,28H2,1-4H3/t19-,20-,22-/m0/s1. The molecule has 198 valence electrons. The summed E-state index contributed by atoms with van der Waals surface area (Å²) in [6.45, 7) is 1.81. The lowest BCUT2D eigenvalue weighted by molar-refractivity contribution is -0.152. The molecule has 1 heterocycles. The molecule has 0 radical (unpaired) electrons. The Morgan fingerprint density at radius 3 is 2.47 bits per heavy atom. The van der Waals surface area contributed by atoms with Crippen molar-refractivity contribution in [3.8, 4) is 11.5 Å². The molecule has 3 rings (SSSR count). The first-order valence-corrected chi connectivity index (χ1v) is 12.2. The van der Waals surface area contributed by atoms with Gasteiger partial charge in [0.25, 0.3) is 0 Å². The number of carbonyl (C=O) groups excluding carboxylic acids is 1. The predicted molar refractivity (Wildman–Crippen MR) is 136 cm³/mol. The van der Waals surface area contributed by atoms with E-state index in [1.54, 1.807) is 7.11 Å². The molecular weight excluding hydrogens is 488 g/mol. The van der Waals surface area contributed by atoms with Gasteiger partial charge in [0.15, 0.2) is 17.8 Å². The van der Waals surface area contributed by atoms with Crippen LogP contribution in [0.1, 0.15) is 28.3 Å². The fourth-order valence-corrected chi connectivity index (χ4v) is 4.83. The number of nitrogens with zero attached hydrogens (tertiary/aromatic N) is 1. The van der Waals surface area contributed by atoms with Gasteiger partial charge >= 0.3 is 6.09 Å². The van der Waals surface area contributed by atoms with Crippen molar-refractivity contribution in [2.45, 2.75) is 44.4 Å². The lowest BCUT2D eigenvalue weighted by Crippen LogP contribution is -2.58. The van der Waals surface area contributed by atoms with Crippen molar-refractivity contribution in [2.75, 3.05) is 40.4 Å². The van der Waals surface area contributed by atoms with Crippen molar-refractivity contribution in [1.82, 2.24) is 4.90 Å². The third-order valence-corrected chi connectivity index (χ3v) is 6.42. The van der Waals surface area contributed by atoms with Crippen molar-refractivity contribution in [3.63, 3.8) is 0 Å². The molecular formula is C26H35ClN2O7. The fourth-order valence-electron chi connectivity index (χ4n) is 4.75. The molecule has 0 bridgehead atoms. The van der Waals surface area contributed by atoms with Crippen molar-refractivity contribution in [3.05, 3.63) is 58.7 Å². The molecule has 36 heavy (non-hydrogen) atoms. The summed E-state index contributed by atoms with van der Waals surface area (Å²) in [6.07, 6.45) is -1.04. The van der Waals surface area contributed by atoms with Gasteiger partial charge in [-0.25, -0.2) is 4.79 Å². The number of nitrogens with two attached hydrogens (primary N) is 1. The topological polar surface area (TPSA) is 113 Å². The van der Waals surface area contributed by atoms with Gasteiger partial charge in [-0.2, -0.15) is 0 Å². The average molecular weight is 523 g/mol. The summed E-state index contributed by atoms with van der Waals surface area (Å²) in [4.78, 5) is 14.9. The SMILES string of the molecule is COc1c(C)cc2c(c1OCc1ccccc1)[C@H]([C@@H](N)CO)N(C(=O)OCCCl)[C@H](C(OC)OC)C2. The number of carbonyl (C=O) groups is 1. The highest BCUT2D eigenvalue weighted by Gasteiger charge is 2.47. The maximum absolute atomic E-state index is 13.4. The summed E-state index contributed by atoms with van der Waals surface area (Å²) in [5.41, 5.74) is 9.83. The van der Waals surface area contributed by atoms with Gasteiger partial charge in [0.05, 0.1) is 37.7 Å². The monoisotopic (exact) mass is 522 g/mol. The number of aliphatic hydroxyl groups excluding tert-OH is 1. The van der Waals surface area contributed by atoms with Crippen LogP contribution in [0.5, 0.6) is 11.5 Å². The van der Waals surface area contributed by atoms with Gasteiger partial charge in [0, 0.05) is 19.8 Å². The minimum absolute atomic E-state index is 0.0107. The van der Waals surface area contributed by atoms with E-state index < -0.39 is 37.1 Å². The van der Waals surface area contributed by atoms with E-state index in [0.717, 1.165) is 16.7 Å². The number of hydrogen-bond donors (Lipinski definition) is 2. The van der Waals surface area contributed by atoms with Crippen LogP contribution >= 0.6 is 11.6 Å². The number of alkyl halides is 1. The van der Waals surface area contributed by atoms with Crippen LogP contribution in [0.2, 0.25) is 0 Å². The molecule has 3 atom stereocenters. The summed E-state index contributed by atoms with van der Waals surface area (Å²) in [6, 6.07) is 9.42. The fraction of sp³-hybridized carbons (Fsp3) is 0.500. The second kappa shape index (κ2) is 13.1. The van der Waals surface area contributed by atoms with Crippen LogP contribution in [0.4, 0.5) is 4.79 Å². The summed E-state index contributed by atoms with van der Waals surface area (Å²) in [7, 11) is 4.57. The van der Waals surface area contributed by atoms with Crippen LogP contribution in [0, 0.1) is 6.92 Å². The van der Waals surface area contributed by atoms with Crippen molar-refractivity contribution < 1.29 is 33.6 Å². The zero-order chi connectivity index (χ0) is 26.2. The molecule has 0 fully saturated rings. The summed E-state index contributed by atoms with van der Waals surface area (Å²) in [5, 5.41) is 10.1. The van der Waals surface area contributed by atoms with Crippen LogP contribution in [0.3, 0.4) is 0 Å². The average Bonchev–Trinajstić information content (AvgIpc) is 2.90. The second-order valence-electron chi connectivity index (χ2n) is 8.52. The Balaban J connectivity index is 2.20. The maximum Gasteiger partial charge on any atom is 0.410 e. The number of aliphatic hydroxyl groups is 1. The first-order valence-electron chi connectivity index (χ1n) is 11.7. The Labute approximate surface area is 217 Å². The van der Waals surface area contributed by atoms with Crippen molar-refractivity contribution >= 4 is 17.7 Å². The van der Waals surface area contributed by atoms with Crippen molar-refractivity contribution in [2.24, 2.45) is 5.73 Å². The molecule has 1 amide bonds. The van der Waals surface area contributed by atoms with Crippen LogP contribution in [0.25, 0.3) is 0 Å². The Morgan fingerprint density at radius 2 is 1.89 bits per heavy atom. The molecule has 2 aromatic rings. The quantitative estimate of drug-likeness (QED) is 0.342. The highest BCUT2D eigenvalue weighted by atomic mass is 35.5. The number of ether oxygens (including phenoxy) is 5. The third kappa shape index (κ3) is 5.87. The Hall–Kier alpha value is -2.56. The summed E-state index contributed by atoms with van der Waals surface area (Å²) < 4.78 is 28.6. The molecule has 1 aliphatic heterocycles. The number of hydrogen-bond acceptors (Lipinski definition) is 8. The van der Waals surface area contributed by atoms with Crippen LogP contribution in [0.15, 0.2) is 36.4 Å². The van der Waals surface area contributed by atoms with Crippen LogP contribution < -0.4 is 15.2 Å². The predicted octanol–water partition coefficient (Wildman–Crippen LogP) is 3.16. The lowest BCUT2D eigenvalue weighted by atomic mass is 9.83. The maximum atomic E-state index is 13.4. The number of amides is 1. The second-order valence-corrected chi connectivity index (χ2v) is 8.89. The molecule has 0 spiro atoms. The zero-order valence-electron chi connectivity index (χ0n) is 21.1. The van der Waals surface area contributed by atoms with Crippen molar-refractivity contribution in [1.29, 1.82) is 0 Å². The van der Waals surface area contributed by atoms with Gasteiger partial charge < -0.3 is 34.5 Å². The summed E-state index contributed by atoms with van der Waals surface area (Å²) >= 11 is 5.78.